The molecule has 1 aliphatic carbocycles. The molecule has 0 saturated carbocycles. The van der Waals surface area contributed by atoms with E-state index in [1.165, 1.54) is 35.0 Å². The number of fused-ring (bicyclic) bond motifs is 1. The van der Waals surface area contributed by atoms with Gasteiger partial charge in [0.1, 0.15) is 0 Å². The van der Waals surface area contributed by atoms with Crippen LogP contribution in [0.2, 0.25) is 0 Å². The molecule has 0 radical (unpaired) electrons. The molecule has 1 aliphatic rings. The van der Waals surface area contributed by atoms with Crippen molar-refractivity contribution >= 4 is 35.0 Å². The van der Waals surface area contributed by atoms with E-state index in [4.69, 9.17) is 5.73 Å². The Morgan fingerprint density at radius 1 is 1.54 bits per heavy atom. The summed E-state index contributed by atoms with van der Waals surface area (Å²) < 4.78 is 1.96. The van der Waals surface area contributed by atoms with Crippen LogP contribution in [0.1, 0.15) is 37.1 Å². The summed E-state index contributed by atoms with van der Waals surface area (Å²) >= 11 is 3.02. The Labute approximate surface area is 172 Å². The maximum absolute atomic E-state index is 12.0. The van der Waals surface area contributed by atoms with E-state index in [1.54, 1.807) is 24.3 Å². The first-order chi connectivity index (χ1) is 13.4. The minimum atomic E-state index is -0.861. The first kappa shape index (κ1) is 20.6. The number of amides is 3. The highest BCUT2D eigenvalue weighted by molar-refractivity contribution is 8.00. The molecule has 0 spiro atoms. The van der Waals surface area contributed by atoms with Crippen molar-refractivity contribution in [2.45, 2.75) is 56.5 Å². The fourth-order valence-corrected chi connectivity index (χ4v) is 5.40. The molecule has 0 aromatic carbocycles. The van der Waals surface area contributed by atoms with Gasteiger partial charge in [0.2, 0.25) is 5.91 Å². The van der Waals surface area contributed by atoms with Crippen LogP contribution < -0.4 is 11.1 Å². The highest BCUT2D eigenvalue weighted by atomic mass is 32.2. The number of thioether (sulfide) groups is 1. The maximum Gasteiger partial charge on any atom is 0.318 e. The molecule has 2 heterocycles. The van der Waals surface area contributed by atoms with Gasteiger partial charge in [-0.1, -0.05) is 31.2 Å². The molecule has 3 N–H and O–H groups in total. The van der Waals surface area contributed by atoms with Gasteiger partial charge in [0.05, 0.1) is 10.1 Å². The van der Waals surface area contributed by atoms with Gasteiger partial charge in [-0.15, -0.1) is 28.1 Å². The molecule has 2 aromatic rings. The second-order valence-corrected chi connectivity index (χ2v) is 9.34. The molecule has 0 aliphatic heterocycles. The van der Waals surface area contributed by atoms with Crippen molar-refractivity contribution < 1.29 is 9.59 Å². The topological polar surface area (TPSA) is 103 Å². The molecule has 7 nitrogen and oxygen atoms in total. The average Bonchev–Trinajstić information content (AvgIpc) is 3.24. The number of carbonyl (C=O) groups is 2. The zero-order chi connectivity index (χ0) is 20.3. The van der Waals surface area contributed by atoms with E-state index in [2.05, 4.69) is 35.1 Å². The molecule has 150 valence electrons. The lowest BCUT2D eigenvalue weighted by molar-refractivity contribution is -0.119. The van der Waals surface area contributed by atoms with Crippen LogP contribution in [0.3, 0.4) is 0 Å². The van der Waals surface area contributed by atoms with Crippen molar-refractivity contribution in [1.29, 1.82) is 0 Å². The molecule has 0 unspecified atom stereocenters. The van der Waals surface area contributed by atoms with E-state index in [0.29, 0.717) is 11.7 Å². The average molecular weight is 420 g/mol. The van der Waals surface area contributed by atoms with Crippen LogP contribution in [0.25, 0.3) is 10.7 Å². The van der Waals surface area contributed by atoms with Gasteiger partial charge < -0.3 is 5.73 Å². The molecule has 0 bridgehead atoms. The number of rotatable bonds is 7. The summed E-state index contributed by atoms with van der Waals surface area (Å²) in [4.78, 5) is 25.4. The zero-order valence-electron chi connectivity index (χ0n) is 16.1. The molecule has 28 heavy (non-hydrogen) atoms. The quantitative estimate of drug-likeness (QED) is 0.529. The summed E-state index contributed by atoms with van der Waals surface area (Å²) in [5, 5.41) is 10.9. The zero-order valence-corrected chi connectivity index (χ0v) is 17.7. The Balaban J connectivity index is 1.85. The summed E-state index contributed by atoms with van der Waals surface area (Å²) in [5.41, 5.74) is 6.45. The van der Waals surface area contributed by atoms with Crippen molar-refractivity contribution in [3.05, 3.63) is 29.2 Å². The number of hydrogen-bond acceptors (Lipinski definition) is 6. The van der Waals surface area contributed by atoms with Crippen LogP contribution in [0, 0.1) is 5.92 Å². The number of primary amides is 1. The molecule has 0 fully saturated rings. The molecule has 9 heteroatoms. The summed E-state index contributed by atoms with van der Waals surface area (Å²) in [5.74, 6) is 1.10. The van der Waals surface area contributed by atoms with Gasteiger partial charge in [-0.3, -0.25) is 14.7 Å². The SMILES string of the molecule is C=CCn1c(S[C@@H](C)C(=O)NC(N)=O)nnc1-c1cc2c(s1)CC[C@@H](CC)C2. The first-order valence-electron chi connectivity index (χ1n) is 9.35. The van der Waals surface area contributed by atoms with Crippen molar-refractivity contribution in [3.63, 3.8) is 0 Å². The van der Waals surface area contributed by atoms with Crippen LogP contribution in [0.15, 0.2) is 23.9 Å². The normalized spacial score (nSPS) is 17.0. The number of aromatic nitrogens is 3. The third-order valence-corrected chi connectivity index (χ3v) is 7.22. The van der Waals surface area contributed by atoms with E-state index in [9.17, 15) is 9.59 Å². The van der Waals surface area contributed by atoms with Gasteiger partial charge in [-0.25, -0.2) is 4.79 Å². The number of imide groups is 1. The van der Waals surface area contributed by atoms with Crippen LogP contribution >= 0.6 is 23.1 Å². The summed E-state index contributed by atoms with van der Waals surface area (Å²) in [6.07, 6.45) is 6.50. The lowest BCUT2D eigenvalue weighted by atomic mass is 9.87. The Bertz CT molecular complexity index is 889. The predicted octanol–water partition coefficient (Wildman–Crippen LogP) is 3.38. The van der Waals surface area contributed by atoms with Gasteiger partial charge in [-0.2, -0.15) is 0 Å². The molecule has 2 atom stereocenters. The summed E-state index contributed by atoms with van der Waals surface area (Å²) in [6, 6.07) is 1.38. The summed E-state index contributed by atoms with van der Waals surface area (Å²) in [7, 11) is 0. The van der Waals surface area contributed by atoms with Gasteiger partial charge in [0, 0.05) is 11.4 Å². The van der Waals surface area contributed by atoms with Gasteiger partial charge >= 0.3 is 6.03 Å². The summed E-state index contributed by atoms with van der Waals surface area (Å²) in [6.45, 7) is 8.32. The fourth-order valence-electron chi connectivity index (χ4n) is 3.34. The number of nitrogens with one attached hydrogen (secondary N) is 1. The minimum Gasteiger partial charge on any atom is -0.351 e. The third-order valence-electron chi connectivity index (χ3n) is 4.91. The third kappa shape index (κ3) is 4.47. The second-order valence-electron chi connectivity index (χ2n) is 6.90. The molecular weight excluding hydrogens is 394 g/mol. The van der Waals surface area contributed by atoms with Crippen LogP contribution in [0.4, 0.5) is 4.79 Å². The lowest BCUT2D eigenvalue weighted by Crippen LogP contribution is -2.39. The van der Waals surface area contributed by atoms with Gasteiger partial charge in [0.15, 0.2) is 11.0 Å². The van der Waals surface area contributed by atoms with E-state index in [0.717, 1.165) is 29.5 Å². The van der Waals surface area contributed by atoms with Crippen molar-refractivity contribution in [2.24, 2.45) is 11.7 Å². The Hall–Kier alpha value is -2.13. The van der Waals surface area contributed by atoms with E-state index in [-0.39, 0.29) is 0 Å². The van der Waals surface area contributed by atoms with Crippen molar-refractivity contribution in [3.8, 4) is 10.7 Å². The lowest BCUT2D eigenvalue weighted by Gasteiger charge is -2.19. The van der Waals surface area contributed by atoms with E-state index in [1.807, 2.05) is 4.57 Å². The number of hydrogen-bond donors (Lipinski definition) is 2. The number of urea groups is 1. The second kappa shape index (κ2) is 8.91. The van der Waals surface area contributed by atoms with Crippen LogP contribution in [-0.4, -0.2) is 32.0 Å². The highest BCUT2D eigenvalue weighted by Gasteiger charge is 2.25. The number of nitrogens with two attached hydrogens (primary N) is 1. The van der Waals surface area contributed by atoms with Crippen LogP contribution in [0.5, 0.6) is 0 Å². The number of allylic oxidation sites excluding steroid dienone is 1. The Morgan fingerprint density at radius 3 is 3.00 bits per heavy atom. The molecule has 2 aromatic heterocycles. The Morgan fingerprint density at radius 2 is 2.32 bits per heavy atom. The van der Waals surface area contributed by atoms with E-state index < -0.39 is 17.2 Å². The largest absolute Gasteiger partial charge is 0.351 e. The number of thiophene rings is 1. The molecule has 3 rings (SSSR count). The molecule has 0 saturated heterocycles. The predicted molar refractivity (Wildman–Crippen MR) is 112 cm³/mol. The fraction of sp³-hybridized carbons (Fsp3) is 0.474. The molecule has 3 amide bonds. The van der Waals surface area contributed by atoms with Gasteiger partial charge in [-0.05, 0) is 43.7 Å². The smallest absolute Gasteiger partial charge is 0.318 e. The minimum absolute atomic E-state index is 0.454. The van der Waals surface area contributed by atoms with Gasteiger partial charge in [0.25, 0.3) is 0 Å². The standard InChI is InChI=1S/C19H25N5O2S2/c1-4-8-24-16(15-10-13-9-12(5-2)6-7-14(13)28-15)22-23-19(24)27-11(3)17(25)21-18(20)26/h4,10-12H,1,5-9H2,2-3H3,(H3,20,21,25,26)/t11-,12+/m0/s1. The highest BCUT2D eigenvalue weighted by Crippen LogP contribution is 2.38. The Kier molecular flexibility index (Phi) is 6.56. The molecular formula is C19H25N5O2S2. The monoisotopic (exact) mass is 419 g/mol. The number of carbonyl (C=O) groups excluding carboxylic acids is 2. The number of aryl methyl sites for hydroxylation is 1. The maximum atomic E-state index is 12.0. The van der Waals surface area contributed by atoms with Crippen LogP contribution in [-0.2, 0) is 24.2 Å². The first-order valence-corrected chi connectivity index (χ1v) is 11.1. The van der Waals surface area contributed by atoms with Crippen molar-refractivity contribution in [2.75, 3.05) is 0 Å². The van der Waals surface area contributed by atoms with E-state index >= 15 is 0 Å². The van der Waals surface area contributed by atoms with Crippen molar-refractivity contribution in [1.82, 2.24) is 20.1 Å². The number of nitrogens with zero attached hydrogens (tertiary/aromatic N) is 3.